The minimum atomic E-state index is 0.397. The molecule has 1 aromatic rings. The van der Waals surface area contributed by atoms with E-state index in [1.165, 1.54) is 32.1 Å². The predicted octanol–water partition coefficient (Wildman–Crippen LogP) is 3.15. The Labute approximate surface area is 110 Å². The van der Waals surface area contributed by atoms with E-state index in [0.29, 0.717) is 6.10 Å². The number of aromatic nitrogens is 1. The van der Waals surface area contributed by atoms with Gasteiger partial charge in [-0.2, -0.15) is 0 Å². The topological polar surface area (TPSA) is 34.1 Å². The zero-order valence-electron chi connectivity index (χ0n) is 11.5. The van der Waals surface area contributed by atoms with Crippen LogP contribution >= 0.6 is 0 Å². The molecule has 1 fully saturated rings. The van der Waals surface area contributed by atoms with Gasteiger partial charge in [0.05, 0.1) is 11.8 Å². The van der Waals surface area contributed by atoms with Crippen LogP contribution < -0.4 is 10.1 Å². The largest absolute Gasteiger partial charge is 0.490 e. The molecule has 0 saturated heterocycles. The Morgan fingerprint density at radius 1 is 1.44 bits per heavy atom. The molecule has 1 aromatic heterocycles. The van der Waals surface area contributed by atoms with E-state index < -0.39 is 0 Å². The van der Waals surface area contributed by atoms with Crippen LogP contribution in [-0.4, -0.2) is 18.1 Å². The summed E-state index contributed by atoms with van der Waals surface area (Å²) in [6, 6.07) is 4.01. The first kappa shape index (κ1) is 13.3. The number of hydrogen-bond acceptors (Lipinski definition) is 3. The average Bonchev–Trinajstić information content (AvgIpc) is 2.40. The Morgan fingerprint density at radius 3 is 3.11 bits per heavy atom. The van der Waals surface area contributed by atoms with Gasteiger partial charge in [-0.3, -0.25) is 4.98 Å². The lowest BCUT2D eigenvalue weighted by molar-refractivity contribution is 0.122. The highest BCUT2D eigenvalue weighted by atomic mass is 16.5. The first-order valence-electron chi connectivity index (χ1n) is 7.08. The molecule has 0 amide bonds. The van der Waals surface area contributed by atoms with Crippen LogP contribution in [0.5, 0.6) is 5.75 Å². The molecule has 0 bridgehead atoms. The SMILES string of the molecule is CCC1CCCC(Oc2ccnc(CNC)c2)C1. The first-order chi connectivity index (χ1) is 8.81. The number of hydrogen-bond donors (Lipinski definition) is 1. The predicted molar refractivity (Wildman–Crippen MR) is 73.7 cm³/mol. The van der Waals surface area contributed by atoms with Crippen molar-refractivity contribution in [1.29, 1.82) is 0 Å². The minimum Gasteiger partial charge on any atom is -0.490 e. The van der Waals surface area contributed by atoms with Gasteiger partial charge in [-0.05, 0) is 38.3 Å². The van der Waals surface area contributed by atoms with Crippen LogP contribution in [0, 0.1) is 5.92 Å². The van der Waals surface area contributed by atoms with Crippen molar-refractivity contribution < 1.29 is 4.74 Å². The summed E-state index contributed by atoms with van der Waals surface area (Å²) in [7, 11) is 1.93. The highest BCUT2D eigenvalue weighted by Crippen LogP contribution is 2.29. The zero-order valence-corrected chi connectivity index (χ0v) is 11.5. The normalized spacial score (nSPS) is 23.9. The lowest BCUT2D eigenvalue weighted by atomic mass is 9.85. The van der Waals surface area contributed by atoms with Crippen molar-refractivity contribution in [3.8, 4) is 5.75 Å². The van der Waals surface area contributed by atoms with Gasteiger partial charge in [0.25, 0.3) is 0 Å². The maximum atomic E-state index is 6.11. The first-order valence-corrected chi connectivity index (χ1v) is 7.08. The summed E-state index contributed by atoms with van der Waals surface area (Å²) >= 11 is 0. The highest BCUT2D eigenvalue weighted by Gasteiger charge is 2.22. The Morgan fingerprint density at radius 2 is 2.33 bits per heavy atom. The summed E-state index contributed by atoms with van der Waals surface area (Å²) in [5, 5.41) is 3.11. The molecular formula is C15H24N2O. The fraction of sp³-hybridized carbons (Fsp3) is 0.667. The molecule has 3 nitrogen and oxygen atoms in total. The van der Waals surface area contributed by atoms with Crippen LogP contribution in [0.1, 0.15) is 44.7 Å². The maximum Gasteiger partial charge on any atom is 0.123 e. The molecule has 2 unspecified atom stereocenters. The standard InChI is InChI=1S/C15H24N2O/c1-3-12-5-4-6-14(9-12)18-15-7-8-17-13(10-15)11-16-2/h7-8,10,12,14,16H,3-6,9,11H2,1-2H3. The van der Waals surface area contributed by atoms with E-state index in [2.05, 4.69) is 17.2 Å². The molecule has 1 N–H and O–H groups in total. The second-order valence-electron chi connectivity index (χ2n) is 5.19. The third kappa shape index (κ3) is 3.70. The minimum absolute atomic E-state index is 0.397. The summed E-state index contributed by atoms with van der Waals surface area (Å²) in [6.07, 6.45) is 8.59. The summed E-state index contributed by atoms with van der Waals surface area (Å²) in [5.41, 5.74) is 1.04. The Balaban J connectivity index is 1.93. The molecule has 0 spiro atoms. The van der Waals surface area contributed by atoms with Crippen LogP contribution in [-0.2, 0) is 6.54 Å². The molecule has 2 atom stereocenters. The van der Waals surface area contributed by atoms with Crippen molar-refractivity contribution in [1.82, 2.24) is 10.3 Å². The van der Waals surface area contributed by atoms with Crippen molar-refractivity contribution in [2.45, 2.75) is 51.7 Å². The highest BCUT2D eigenvalue weighted by molar-refractivity contribution is 5.22. The van der Waals surface area contributed by atoms with Crippen LogP contribution in [0.2, 0.25) is 0 Å². The van der Waals surface area contributed by atoms with E-state index in [1.54, 1.807) is 0 Å². The van der Waals surface area contributed by atoms with Gasteiger partial charge >= 0.3 is 0 Å². The second-order valence-corrected chi connectivity index (χ2v) is 5.19. The third-order valence-electron chi connectivity index (χ3n) is 3.76. The van der Waals surface area contributed by atoms with Crippen LogP contribution in [0.15, 0.2) is 18.3 Å². The van der Waals surface area contributed by atoms with Crippen molar-refractivity contribution in [3.05, 3.63) is 24.0 Å². The van der Waals surface area contributed by atoms with Gasteiger partial charge < -0.3 is 10.1 Å². The number of nitrogens with zero attached hydrogens (tertiary/aromatic N) is 1. The summed E-state index contributed by atoms with van der Waals surface area (Å²) < 4.78 is 6.11. The number of ether oxygens (including phenoxy) is 1. The van der Waals surface area contributed by atoms with Gasteiger partial charge in [-0.15, -0.1) is 0 Å². The summed E-state index contributed by atoms with van der Waals surface area (Å²) in [6.45, 7) is 3.07. The Bertz CT molecular complexity index is 367. The van der Waals surface area contributed by atoms with E-state index in [4.69, 9.17) is 4.74 Å². The van der Waals surface area contributed by atoms with E-state index in [9.17, 15) is 0 Å². The van der Waals surface area contributed by atoms with Crippen LogP contribution in [0.25, 0.3) is 0 Å². The van der Waals surface area contributed by atoms with Crippen molar-refractivity contribution in [3.63, 3.8) is 0 Å². The lowest BCUT2D eigenvalue weighted by Gasteiger charge is -2.29. The molecule has 1 aliphatic carbocycles. The molecule has 3 heteroatoms. The molecule has 0 radical (unpaired) electrons. The quantitative estimate of drug-likeness (QED) is 0.869. The molecule has 18 heavy (non-hydrogen) atoms. The van der Waals surface area contributed by atoms with Crippen molar-refractivity contribution >= 4 is 0 Å². The molecule has 0 aromatic carbocycles. The average molecular weight is 248 g/mol. The van der Waals surface area contributed by atoms with Gasteiger partial charge in [0.15, 0.2) is 0 Å². The van der Waals surface area contributed by atoms with E-state index in [1.807, 2.05) is 25.4 Å². The Hall–Kier alpha value is -1.09. The van der Waals surface area contributed by atoms with Gasteiger partial charge in [0.1, 0.15) is 5.75 Å². The van der Waals surface area contributed by atoms with Crippen molar-refractivity contribution in [2.24, 2.45) is 5.92 Å². The number of pyridine rings is 1. The number of nitrogens with one attached hydrogen (secondary N) is 1. The third-order valence-corrected chi connectivity index (χ3v) is 3.76. The summed E-state index contributed by atoms with van der Waals surface area (Å²) in [5.74, 6) is 1.82. The molecule has 0 aliphatic heterocycles. The van der Waals surface area contributed by atoms with Crippen LogP contribution in [0.4, 0.5) is 0 Å². The monoisotopic (exact) mass is 248 g/mol. The fourth-order valence-electron chi connectivity index (χ4n) is 2.72. The smallest absolute Gasteiger partial charge is 0.123 e. The van der Waals surface area contributed by atoms with E-state index in [0.717, 1.165) is 23.9 Å². The molecule has 2 rings (SSSR count). The maximum absolute atomic E-state index is 6.11. The van der Waals surface area contributed by atoms with Gasteiger partial charge in [0.2, 0.25) is 0 Å². The second kappa shape index (κ2) is 6.74. The van der Waals surface area contributed by atoms with E-state index >= 15 is 0 Å². The molecule has 1 saturated carbocycles. The van der Waals surface area contributed by atoms with Gasteiger partial charge in [-0.1, -0.05) is 19.8 Å². The molecule has 1 heterocycles. The Kier molecular flexibility index (Phi) is 5.00. The lowest BCUT2D eigenvalue weighted by Crippen LogP contribution is -2.25. The fourth-order valence-corrected chi connectivity index (χ4v) is 2.72. The molecule has 1 aliphatic rings. The summed E-state index contributed by atoms with van der Waals surface area (Å²) in [4.78, 5) is 4.31. The van der Waals surface area contributed by atoms with Crippen LogP contribution in [0.3, 0.4) is 0 Å². The zero-order chi connectivity index (χ0) is 12.8. The van der Waals surface area contributed by atoms with Gasteiger partial charge in [-0.25, -0.2) is 0 Å². The molecule has 100 valence electrons. The molecular weight excluding hydrogens is 224 g/mol. The number of rotatable bonds is 5. The van der Waals surface area contributed by atoms with E-state index in [-0.39, 0.29) is 0 Å². The van der Waals surface area contributed by atoms with Crippen molar-refractivity contribution in [2.75, 3.05) is 7.05 Å². The van der Waals surface area contributed by atoms with Gasteiger partial charge in [0, 0.05) is 18.8 Å².